The fourth-order valence-corrected chi connectivity index (χ4v) is 3.06. The lowest BCUT2D eigenvalue weighted by Crippen LogP contribution is -2.26. The fourth-order valence-electron chi connectivity index (χ4n) is 2.34. The van der Waals surface area contributed by atoms with Gasteiger partial charge in [-0.05, 0) is 41.8 Å². The first-order valence-corrected chi connectivity index (χ1v) is 9.25. The van der Waals surface area contributed by atoms with Crippen molar-refractivity contribution in [1.29, 1.82) is 0 Å². The molecule has 0 unspecified atom stereocenters. The molecule has 25 heavy (non-hydrogen) atoms. The van der Waals surface area contributed by atoms with Gasteiger partial charge in [-0.2, -0.15) is 8.78 Å². The molecule has 4 nitrogen and oxygen atoms in total. The maximum atomic E-state index is 12.5. The van der Waals surface area contributed by atoms with Crippen molar-refractivity contribution in [2.75, 3.05) is 7.05 Å². The summed E-state index contributed by atoms with van der Waals surface area (Å²) in [7, 11) is -3.03. The summed E-state index contributed by atoms with van der Waals surface area (Å²) in [4.78, 5) is 13.4. The van der Waals surface area contributed by atoms with E-state index in [0.29, 0.717) is 6.54 Å². The molecule has 0 aromatic heterocycles. The van der Waals surface area contributed by atoms with Crippen LogP contribution in [0.5, 0.6) is 0 Å². The highest BCUT2D eigenvalue weighted by atomic mass is 32.2. The Hall–Kier alpha value is -2.28. The number of amides is 1. The second-order valence-electron chi connectivity index (χ2n) is 5.66. The Balaban J connectivity index is 2.11. The van der Waals surface area contributed by atoms with Crippen LogP contribution in [-0.2, 0) is 22.8 Å². The topological polar surface area (TPSA) is 54.5 Å². The van der Waals surface area contributed by atoms with Crippen LogP contribution in [0, 0.1) is 0 Å². The van der Waals surface area contributed by atoms with E-state index in [2.05, 4.69) is 6.92 Å². The molecule has 0 N–H and O–H groups in total. The van der Waals surface area contributed by atoms with Gasteiger partial charge in [0.05, 0.1) is 4.90 Å². The lowest BCUT2D eigenvalue weighted by atomic mass is 10.1. The molecule has 134 valence electrons. The van der Waals surface area contributed by atoms with E-state index >= 15 is 0 Å². The van der Waals surface area contributed by atoms with Crippen molar-refractivity contribution < 1.29 is 22.0 Å². The van der Waals surface area contributed by atoms with Crippen LogP contribution in [0.1, 0.15) is 28.4 Å². The van der Waals surface area contributed by atoms with E-state index in [1.165, 1.54) is 22.6 Å². The zero-order chi connectivity index (χ0) is 18.6. The Morgan fingerprint density at radius 2 is 1.52 bits per heavy atom. The Labute approximate surface area is 146 Å². The number of hydrogen-bond donors (Lipinski definition) is 0. The van der Waals surface area contributed by atoms with E-state index in [4.69, 9.17) is 0 Å². The van der Waals surface area contributed by atoms with Crippen LogP contribution in [0.15, 0.2) is 53.4 Å². The first-order chi connectivity index (χ1) is 11.8. The van der Waals surface area contributed by atoms with E-state index in [-0.39, 0.29) is 11.5 Å². The third-order valence-electron chi connectivity index (χ3n) is 3.86. The Morgan fingerprint density at radius 1 is 1.00 bits per heavy atom. The van der Waals surface area contributed by atoms with Gasteiger partial charge in [0.15, 0.2) is 0 Å². The number of sulfone groups is 1. The summed E-state index contributed by atoms with van der Waals surface area (Å²) in [6.07, 6.45) is 0.933. The molecule has 0 aliphatic rings. The summed E-state index contributed by atoms with van der Waals surface area (Å²) in [5.74, 6) is -3.80. The fraction of sp³-hybridized carbons (Fsp3) is 0.278. The SMILES string of the molecule is CCc1ccc(CN(C)C(=O)c2ccc(S(=O)(=O)C(F)F)cc2)cc1. The highest BCUT2D eigenvalue weighted by Crippen LogP contribution is 2.19. The number of halogens is 2. The van der Waals surface area contributed by atoms with Crippen molar-refractivity contribution >= 4 is 15.7 Å². The number of aryl methyl sites for hydroxylation is 1. The zero-order valence-corrected chi connectivity index (χ0v) is 14.8. The Morgan fingerprint density at radius 3 is 2.00 bits per heavy atom. The summed E-state index contributed by atoms with van der Waals surface area (Å²) in [5.41, 5.74) is 2.40. The minimum absolute atomic E-state index is 0.237. The van der Waals surface area contributed by atoms with E-state index in [1.54, 1.807) is 7.05 Å². The maximum Gasteiger partial charge on any atom is 0.341 e. The summed E-state index contributed by atoms with van der Waals surface area (Å²) < 4.78 is 47.8. The van der Waals surface area contributed by atoms with Gasteiger partial charge in [0, 0.05) is 19.2 Å². The molecule has 0 heterocycles. The van der Waals surface area contributed by atoms with Crippen molar-refractivity contribution in [3.8, 4) is 0 Å². The Kier molecular flexibility index (Phi) is 5.89. The number of carbonyl (C=O) groups is 1. The highest BCUT2D eigenvalue weighted by molar-refractivity contribution is 7.91. The molecule has 0 saturated carbocycles. The van der Waals surface area contributed by atoms with Crippen LogP contribution in [0.3, 0.4) is 0 Å². The Bertz CT molecular complexity index is 832. The summed E-state index contributed by atoms with van der Waals surface area (Å²) in [5, 5.41) is 0. The minimum Gasteiger partial charge on any atom is -0.337 e. The monoisotopic (exact) mass is 367 g/mol. The van der Waals surface area contributed by atoms with Crippen LogP contribution in [0.4, 0.5) is 8.78 Å². The molecule has 0 aliphatic heterocycles. The van der Waals surface area contributed by atoms with Crippen molar-refractivity contribution in [2.24, 2.45) is 0 Å². The number of alkyl halides is 2. The van der Waals surface area contributed by atoms with Gasteiger partial charge < -0.3 is 4.90 Å². The first kappa shape index (κ1) is 19.1. The molecule has 0 saturated heterocycles. The van der Waals surface area contributed by atoms with E-state index in [0.717, 1.165) is 24.1 Å². The molecule has 0 bridgehead atoms. The predicted octanol–water partition coefficient (Wildman–Crippen LogP) is 3.52. The molecule has 2 rings (SSSR count). The van der Waals surface area contributed by atoms with Gasteiger partial charge in [0.2, 0.25) is 9.84 Å². The third-order valence-corrected chi connectivity index (χ3v) is 5.26. The van der Waals surface area contributed by atoms with Crippen LogP contribution < -0.4 is 0 Å². The third kappa shape index (κ3) is 4.42. The predicted molar refractivity (Wildman–Crippen MR) is 91.2 cm³/mol. The molecular weight excluding hydrogens is 348 g/mol. The molecule has 0 fully saturated rings. The van der Waals surface area contributed by atoms with Gasteiger partial charge in [0.25, 0.3) is 5.91 Å². The lowest BCUT2D eigenvalue weighted by molar-refractivity contribution is 0.0785. The van der Waals surface area contributed by atoms with Crippen LogP contribution >= 0.6 is 0 Å². The number of hydrogen-bond acceptors (Lipinski definition) is 3. The zero-order valence-electron chi connectivity index (χ0n) is 13.9. The summed E-state index contributed by atoms with van der Waals surface area (Å²) in [6, 6.07) is 12.4. The average Bonchev–Trinajstić information content (AvgIpc) is 2.61. The highest BCUT2D eigenvalue weighted by Gasteiger charge is 2.26. The maximum absolute atomic E-state index is 12.5. The van der Waals surface area contributed by atoms with Gasteiger partial charge in [-0.3, -0.25) is 4.79 Å². The molecule has 2 aromatic carbocycles. The van der Waals surface area contributed by atoms with Crippen molar-refractivity contribution in [3.05, 3.63) is 65.2 Å². The molecule has 1 amide bonds. The molecule has 0 aliphatic carbocycles. The first-order valence-electron chi connectivity index (χ1n) is 7.71. The normalized spacial score (nSPS) is 11.6. The number of rotatable bonds is 6. The van der Waals surface area contributed by atoms with Gasteiger partial charge in [-0.1, -0.05) is 31.2 Å². The molecule has 2 aromatic rings. The molecule has 0 atom stereocenters. The van der Waals surface area contributed by atoms with Crippen LogP contribution in [-0.4, -0.2) is 32.0 Å². The minimum atomic E-state index is -4.65. The quantitative estimate of drug-likeness (QED) is 0.785. The second-order valence-corrected chi connectivity index (χ2v) is 7.58. The van der Waals surface area contributed by atoms with Gasteiger partial charge in [-0.15, -0.1) is 0 Å². The van der Waals surface area contributed by atoms with Crippen molar-refractivity contribution in [3.63, 3.8) is 0 Å². The van der Waals surface area contributed by atoms with E-state index in [9.17, 15) is 22.0 Å². The lowest BCUT2D eigenvalue weighted by Gasteiger charge is -2.18. The smallest absolute Gasteiger partial charge is 0.337 e. The molecule has 7 heteroatoms. The van der Waals surface area contributed by atoms with Crippen molar-refractivity contribution in [1.82, 2.24) is 4.90 Å². The number of benzene rings is 2. The largest absolute Gasteiger partial charge is 0.341 e. The van der Waals surface area contributed by atoms with Crippen LogP contribution in [0.25, 0.3) is 0 Å². The second kappa shape index (κ2) is 7.74. The van der Waals surface area contributed by atoms with E-state index < -0.39 is 20.5 Å². The van der Waals surface area contributed by atoms with Gasteiger partial charge >= 0.3 is 5.76 Å². The van der Waals surface area contributed by atoms with Crippen LogP contribution in [0.2, 0.25) is 0 Å². The van der Waals surface area contributed by atoms with Gasteiger partial charge in [-0.25, -0.2) is 8.42 Å². The summed E-state index contributed by atoms with van der Waals surface area (Å²) >= 11 is 0. The summed E-state index contributed by atoms with van der Waals surface area (Å²) in [6.45, 7) is 2.45. The standard InChI is InChI=1S/C18H19F2NO3S/c1-3-13-4-6-14(7-5-13)12-21(2)17(22)15-8-10-16(11-9-15)25(23,24)18(19)20/h4-11,18H,3,12H2,1-2H3. The average molecular weight is 367 g/mol. The van der Waals surface area contributed by atoms with Crippen molar-refractivity contribution in [2.45, 2.75) is 30.5 Å². The number of nitrogens with zero attached hydrogens (tertiary/aromatic N) is 1. The molecule has 0 radical (unpaired) electrons. The number of carbonyl (C=O) groups excluding carboxylic acids is 1. The van der Waals surface area contributed by atoms with Gasteiger partial charge in [0.1, 0.15) is 0 Å². The molecule has 0 spiro atoms. The van der Waals surface area contributed by atoms with E-state index in [1.807, 2.05) is 24.3 Å². The molecular formula is C18H19F2NO3S.